The molecule has 2 nitrogen and oxygen atoms in total. The van der Waals surface area contributed by atoms with Crippen molar-refractivity contribution >= 4 is 38.1 Å². The highest BCUT2D eigenvalue weighted by molar-refractivity contribution is 9.08. The number of nitrogens with zero attached hydrogens (tertiary/aromatic N) is 1. The Morgan fingerprint density at radius 3 is 3.00 bits per heavy atom. The van der Waals surface area contributed by atoms with E-state index in [1.54, 1.807) is 6.20 Å². The Morgan fingerprint density at radius 2 is 2.55 bits per heavy atom. The molecule has 0 N–H and O–H groups in total. The van der Waals surface area contributed by atoms with Crippen molar-refractivity contribution in [1.82, 2.24) is 4.98 Å². The highest BCUT2D eigenvalue weighted by Gasteiger charge is 2.05. The minimum absolute atomic E-state index is 0.648. The molecule has 0 saturated heterocycles. The Labute approximate surface area is 80.6 Å². The van der Waals surface area contributed by atoms with Crippen LogP contribution in [0, 0.1) is 0 Å². The van der Waals surface area contributed by atoms with Gasteiger partial charge < -0.3 is 0 Å². The summed E-state index contributed by atoms with van der Waals surface area (Å²) in [5, 5.41) is 0.797. The molecule has 0 aliphatic heterocycles. The average Bonchev–Trinajstić information content (AvgIpc) is 2.50. The number of alkyl halides is 1. The van der Waals surface area contributed by atoms with E-state index in [1.807, 2.05) is 6.92 Å². The monoisotopic (exact) mass is 253 g/mol. The molecular formula is C6H8BrNOS2. The normalized spacial score (nSPS) is 13.3. The van der Waals surface area contributed by atoms with E-state index in [1.165, 1.54) is 11.3 Å². The molecule has 0 spiro atoms. The number of halogens is 1. The largest absolute Gasteiger partial charge is 0.252 e. The zero-order valence-electron chi connectivity index (χ0n) is 6.04. The first-order valence-electron chi connectivity index (χ1n) is 3.17. The van der Waals surface area contributed by atoms with Crippen molar-refractivity contribution in [1.29, 1.82) is 0 Å². The van der Waals surface area contributed by atoms with E-state index in [2.05, 4.69) is 20.9 Å². The van der Waals surface area contributed by atoms with Crippen LogP contribution < -0.4 is 0 Å². The predicted octanol–water partition coefficient (Wildman–Crippen LogP) is 2.17. The van der Waals surface area contributed by atoms with Gasteiger partial charge in [-0.1, -0.05) is 22.9 Å². The van der Waals surface area contributed by atoms with Gasteiger partial charge in [-0.3, -0.25) is 4.21 Å². The van der Waals surface area contributed by atoms with E-state index >= 15 is 0 Å². The first kappa shape index (κ1) is 9.35. The summed E-state index contributed by atoms with van der Waals surface area (Å²) in [6, 6.07) is 0. The lowest BCUT2D eigenvalue weighted by atomic mass is 10.7. The van der Waals surface area contributed by atoms with Crippen molar-refractivity contribution in [3.63, 3.8) is 0 Å². The van der Waals surface area contributed by atoms with Gasteiger partial charge in [0.25, 0.3) is 0 Å². The summed E-state index contributed by atoms with van der Waals surface area (Å²) >= 11 is 4.82. The van der Waals surface area contributed by atoms with Crippen LogP contribution in [0.15, 0.2) is 10.5 Å². The first-order chi connectivity index (χ1) is 5.27. The zero-order chi connectivity index (χ0) is 8.27. The standard InChI is InChI=1S/C6H8BrNOS2/c1-2-11(9)6-8-4-5(3-7)10-6/h4H,2-3H2,1H3. The summed E-state index contributed by atoms with van der Waals surface area (Å²) in [6.07, 6.45) is 1.77. The predicted molar refractivity (Wildman–Crippen MR) is 51.7 cm³/mol. The van der Waals surface area contributed by atoms with E-state index < -0.39 is 10.8 Å². The summed E-state index contributed by atoms with van der Waals surface area (Å²) < 4.78 is 11.9. The third-order valence-corrected chi connectivity index (χ3v) is 4.72. The molecule has 62 valence electrons. The van der Waals surface area contributed by atoms with Crippen LogP contribution in [-0.2, 0) is 16.1 Å². The third kappa shape index (κ3) is 2.35. The van der Waals surface area contributed by atoms with Crippen molar-refractivity contribution in [3.05, 3.63) is 11.1 Å². The van der Waals surface area contributed by atoms with Gasteiger partial charge in [0.1, 0.15) is 0 Å². The van der Waals surface area contributed by atoms with E-state index in [9.17, 15) is 4.21 Å². The van der Waals surface area contributed by atoms with Crippen LogP contribution in [0.25, 0.3) is 0 Å². The Balaban J connectivity index is 2.80. The van der Waals surface area contributed by atoms with Gasteiger partial charge >= 0.3 is 0 Å². The fraction of sp³-hybridized carbons (Fsp3) is 0.500. The Hall–Kier alpha value is 0.260. The van der Waals surface area contributed by atoms with Gasteiger partial charge in [-0.05, 0) is 0 Å². The summed E-state index contributed by atoms with van der Waals surface area (Å²) in [7, 11) is -0.885. The van der Waals surface area contributed by atoms with Gasteiger partial charge in [-0.25, -0.2) is 4.98 Å². The Morgan fingerprint density at radius 1 is 1.82 bits per heavy atom. The summed E-state index contributed by atoms with van der Waals surface area (Å²) in [5.41, 5.74) is 0. The maximum Gasteiger partial charge on any atom is 0.180 e. The average molecular weight is 254 g/mol. The molecule has 1 aromatic heterocycles. The van der Waals surface area contributed by atoms with E-state index in [-0.39, 0.29) is 0 Å². The van der Waals surface area contributed by atoms with Gasteiger partial charge in [-0.2, -0.15) is 0 Å². The quantitative estimate of drug-likeness (QED) is 0.774. The molecule has 5 heteroatoms. The molecular weight excluding hydrogens is 246 g/mol. The fourth-order valence-electron chi connectivity index (χ4n) is 0.580. The van der Waals surface area contributed by atoms with Gasteiger partial charge in [0, 0.05) is 22.2 Å². The highest BCUT2D eigenvalue weighted by atomic mass is 79.9. The number of thiazole rings is 1. The summed E-state index contributed by atoms with van der Waals surface area (Å²) in [6.45, 7) is 1.89. The lowest BCUT2D eigenvalue weighted by molar-refractivity contribution is 0.683. The second-order valence-corrected chi connectivity index (χ2v) is 5.45. The zero-order valence-corrected chi connectivity index (χ0v) is 9.26. The maximum absolute atomic E-state index is 11.2. The number of hydrogen-bond donors (Lipinski definition) is 0. The van der Waals surface area contributed by atoms with E-state index in [0.717, 1.165) is 14.5 Å². The number of hydrogen-bond acceptors (Lipinski definition) is 3. The highest BCUT2D eigenvalue weighted by Crippen LogP contribution is 2.18. The molecule has 0 aliphatic rings. The van der Waals surface area contributed by atoms with Crippen molar-refractivity contribution in [3.8, 4) is 0 Å². The van der Waals surface area contributed by atoms with Crippen LogP contribution in [0.1, 0.15) is 11.8 Å². The number of aromatic nitrogens is 1. The van der Waals surface area contributed by atoms with Crippen LogP contribution in [-0.4, -0.2) is 14.9 Å². The molecule has 0 bridgehead atoms. The van der Waals surface area contributed by atoms with Crippen LogP contribution in [0.3, 0.4) is 0 Å². The van der Waals surface area contributed by atoms with Gasteiger partial charge in [0.15, 0.2) is 4.34 Å². The van der Waals surface area contributed by atoms with Gasteiger partial charge in [-0.15, -0.1) is 11.3 Å². The second-order valence-electron chi connectivity index (χ2n) is 1.86. The molecule has 0 amide bonds. The van der Waals surface area contributed by atoms with E-state index in [4.69, 9.17) is 0 Å². The van der Waals surface area contributed by atoms with Crippen molar-refractivity contribution < 1.29 is 4.21 Å². The molecule has 1 heterocycles. The molecule has 11 heavy (non-hydrogen) atoms. The smallest absolute Gasteiger partial charge is 0.180 e. The molecule has 1 rings (SSSR count). The summed E-state index contributed by atoms with van der Waals surface area (Å²) in [5.74, 6) is 0.648. The summed E-state index contributed by atoms with van der Waals surface area (Å²) in [4.78, 5) is 5.17. The molecule has 0 aromatic carbocycles. The van der Waals surface area contributed by atoms with Crippen LogP contribution >= 0.6 is 27.3 Å². The second kappa shape index (κ2) is 4.33. The minimum atomic E-state index is -0.885. The Kier molecular flexibility index (Phi) is 3.68. The van der Waals surface area contributed by atoms with E-state index in [0.29, 0.717) is 5.75 Å². The third-order valence-electron chi connectivity index (χ3n) is 1.12. The van der Waals surface area contributed by atoms with Crippen LogP contribution in [0.4, 0.5) is 0 Å². The van der Waals surface area contributed by atoms with Crippen LogP contribution in [0.2, 0.25) is 0 Å². The topological polar surface area (TPSA) is 30.0 Å². The van der Waals surface area contributed by atoms with Crippen molar-refractivity contribution in [2.45, 2.75) is 16.6 Å². The first-order valence-corrected chi connectivity index (χ1v) is 6.42. The SMILES string of the molecule is CCS(=O)c1ncc(CBr)s1. The van der Waals surface area contributed by atoms with Gasteiger partial charge in [0.05, 0.1) is 10.8 Å². The lowest BCUT2D eigenvalue weighted by Crippen LogP contribution is -1.91. The fourth-order valence-corrected chi connectivity index (χ4v) is 3.02. The molecule has 0 fully saturated rings. The molecule has 0 radical (unpaired) electrons. The Bertz CT molecular complexity index is 261. The van der Waals surface area contributed by atoms with Gasteiger partial charge in [0.2, 0.25) is 0 Å². The molecule has 1 unspecified atom stereocenters. The van der Waals surface area contributed by atoms with Crippen molar-refractivity contribution in [2.75, 3.05) is 5.75 Å². The minimum Gasteiger partial charge on any atom is -0.252 e. The molecule has 0 saturated carbocycles. The molecule has 1 aromatic rings. The lowest BCUT2D eigenvalue weighted by Gasteiger charge is -1.88. The maximum atomic E-state index is 11.2. The van der Waals surface area contributed by atoms with Crippen molar-refractivity contribution in [2.24, 2.45) is 0 Å². The number of rotatable bonds is 3. The molecule has 0 aliphatic carbocycles. The van der Waals surface area contributed by atoms with Crippen LogP contribution in [0.5, 0.6) is 0 Å². The molecule has 1 atom stereocenters.